The second kappa shape index (κ2) is 24.7. The minimum Gasteiger partial charge on any atom is -0.440 e. The quantitative estimate of drug-likeness (QED) is 0.154. The number of hydrogen-bond acceptors (Lipinski definition) is 9. The highest BCUT2D eigenvalue weighted by atomic mass is 28.4. The molecule has 0 amide bonds. The molecule has 0 aromatic rings. The molecule has 3 unspecified atom stereocenters. The van der Waals surface area contributed by atoms with Crippen LogP contribution in [0.4, 0.5) is 0 Å². The van der Waals surface area contributed by atoms with Gasteiger partial charge in [0, 0.05) is 13.7 Å². The van der Waals surface area contributed by atoms with Crippen molar-refractivity contribution < 1.29 is 43.2 Å². The predicted octanol–water partition coefficient (Wildman–Crippen LogP) is 0.811. The summed E-state index contributed by atoms with van der Waals surface area (Å²) in [4.78, 5) is 0. The van der Waals surface area contributed by atoms with Gasteiger partial charge in [-0.1, -0.05) is 34.1 Å². The molecule has 0 saturated heterocycles. The molecule has 0 bridgehead atoms. The maximum atomic E-state index is 9.14. The van der Waals surface area contributed by atoms with Crippen molar-refractivity contribution in [2.75, 3.05) is 53.4 Å². The minimum atomic E-state index is -1.29. The average Bonchev–Trinajstić information content (AvgIpc) is 2.73. The molecule has 11 heteroatoms. The number of ether oxygens (including phenoxy) is 3. The van der Waals surface area contributed by atoms with Crippen LogP contribution >= 0.6 is 0 Å². The third-order valence-electron chi connectivity index (χ3n) is 4.03. The van der Waals surface area contributed by atoms with Crippen molar-refractivity contribution in [3.8, 4) is 0 Å². The Kier molecular flexibility index (Phi) is 28.4. The lowest BCUT2D eigenvalue weighted by molar-refractivity contribution is -0.109. The largest absolute Gasteiger partial charge is 0.440 e. The molecule has 4 N–H and O–H groups in total. The third-order valence-corrected chi connectivity index (χ3v) is 9.56. The summed E-state index contributed by atoms with van der Waals surface area (Å²) in [5.41, 5.74) is 0. The van der Waals surface area contributed by atoms with Crippen molar-refractivity contribution in [3.63, 3.8) is 0 Å². The molecule has 0 aliphatic heterocycles. The van der Waals surface area contributed by atoms with Crippen LogP contribution in [0.3, 0.4) is 0 Å². The van der Waals surface area contributed by atoms with Gasteiger partial charge in [-0.25, -0.2) is 0 Å². The minimum absolute atomic E-state index is 0. The Bertz CT molecular complexity index is 353. The molecule has 0 rings (SSSR count). The van der Waals surface area contributed by atoms with Gasteiger partial charge in [-0.2, -0.15) is 0 Å². The van der Waals surface area contributed by atoms with Crippen molar-refractivity contribution in [1.82, 2.24) is 0 Å². The highest BCUT2D eigenvalue weighted by molar-refractivity contribution is 6.74. The van der Waals surface area contributed by atoms with Crippen molar-refractivity contribution in [1.29, 1.82) is 0 Å². The Balaban J connectivity index is -0.000000604. The lowest BCUT2D eigenvalue weighted by atomic mass is 10.3. The van der Waals surface area contributed by atoms with Gasteiger partial charge in [0.15, 0.2) is 8.32 Å². The summed E-state index contributed by atoms with van der Waals surface area (Å²) >= 11 is 0. The van der Waals surface area contributed by atoms with Crippen LogP contribution in [0.2, 0.25) is 19.1 Å². The van der Waals surface area contributed by atoms with Crippen molar-refractivity contribution in [3.05, 3.63) is 0 Å². The van der Waals surface area contributed by atoms with Gasteiger partial charge in [0.05, 0.1) is 39.6 Å². The van der Waals surface area contributed by atoms with Crippen molar-refractivity contribution >= 4 is 18.3 Å². The smallest absolute Gasteiger partial charge is 0.293 e. The van der Waals surface area contributed by atoms with E-state index in [0.29, 0.717) is 6.61 Å². The topological polar surface area (TPSA) is 127 Å². The van der Waals surface area contributed by atoms with E-state index in [0.717, 1.165) is 12.8 Å². The number of hydrogen-bond donors (Lipinski definition) is 4. The van der Waals surface area contributed by atoms with Crippen LogP contribution in [0.5, 0.6) is 0 Å². The Morgan fingerprint density at radius 3 is 1.94 bits per heavy atom. The lowest BCUT2D eigenvalue weighted by Crippen LogP contribution is -2.33. The molecule has 0 heterocycles. The molecule has 0 aromatic carbocycles. The second-order valence-corrected chi connectivity index (χ2v) is 13.6. The first-order chi connectivity index (χ1) is 14.3. The van der Waals surface area contributed by atoms with Crippen LogP contribution in [0.25, 0.3) is 0 Å². The van der Waals surface area contributed by atoms with Crippen molar-refractivity contribution in [2.45, 2.75) is 78.0 Å². The Morgan fingerprint density at radius 2 is 1.45 bits per heavy atom. The molecule has 0 spiro atoms. The molecule has 31 heavy (non-hydrogen) atoms. The van der Waals surface area contributed by atoms with E-state index in [-0.39, 0.29) is 40.5 Å². The van der Waals surface area contributed by atoms with Crippen LogP contribution in [-0.4, -0.2) is 110 Å². The van der Waals surface area contributed by atoms with Crippen LogP contribution in [0.1, 0.15) is 40.5 Å². The fourth-order valence-electron chi connectivity index (χ4n) is 2.20. The van der Waals surface area contributed by atoms with Gasteiger partial charge < -0.3 is 43.2 Å². The van der Waals surface area contributed by atoms with Gasteiger partial charge in [0.1, 0.15) is 18.3 Å². The molecule has 0 radical (unpaired) electrons. The Hall–Kier alpha value is 0.0738. The summed E-state index contributed by atoms with van der Waals surface area (Å²) in [7, 11) is -0.204. The maximum Gasteiger partial charge on any atom is 0.293 e. The molecule has 0 fully saturated rings. The SMILES string of the molecule is C.CCCCOCC(CO)OCC(CO)OCC(O)CO.CCC[Si](C)(C)O[SiH2]OC. The second-order valence-electron chi connectivity index (χ2n) is 7.60. The normalized spacial score (nSPS) is 14.6. The zero-order chi connectivity index (χ0) is 23.3. The van der Waals surface area contributed by atoms with Gasteiger partial charge in [-0.05, 0) is 25.6 Å². The Labute approximate surface area is 193 Å². The molecule has 3 atom stereocenters. The van der Waals surface area contributed by atoms with E-state index in [1.807, 2.05) is 0 Å². The average molecular weight is 491 g/mol. The van der Waals surface area contributed by atoms with Gasteiger partial charge >= 0.3 is 0 Å². The first-order valence-electron chi connectivity index (χ1n) is 10.7. The standard InChI is InChI=1S/C13H28O7.C6H18O2Si2.CH4/c1-2-3-4-18-9-12(6-15)20-10-13(7-16)19-8-11(17)5-14;1-5-6-10(3,4)8-9-7-2;/h11-17H,2-10H2,1H3;5-6,9H2,1-4H3;1H4. The first kappa shape index (κ1) is 35.7. The lowest BCUT2D eigenvalue weighted by Gasteiger charge is -2.21. The van der Waals surface area contributed by atoms with E-state index < -0.39 is 43.2 Å². The van der Waals surface area contributed by atoms with Crippen molar-refractivity contribution in [2.24, 2.45) is 0 Å². The predicted molar refractivity (Wildman–Crippen MR) is 128 cm³/mol. The van der Waals surface area contributed by atoms with Gasteiger partial charge in [0.25, 0.3) is 10.0 Å². The van der Waals surface area contributed by atoms with Crippen LogP contribution < -0.4 is 0 Å². The van der Waals surface area contributed by atoms with E-state index >= 15 is 0 Å². The number of aliphatic hydroxyl groups excluding tert-OH is 4. The molecule has 0 aliphatic carbocycles. The van der Waals surface area contributed by atoms with E-state index in [2.05, 4.69) is 26.9 Å². The van der Waals surface area contributed by atoms with Crippen LogP contribution in [0.15, 0.2) is 0 Å². The van der Waals surface area contributed by atoms with Crippen LogP contribution in [-0.2, 0) is 22.8 Å². The van der Waals surface area contributed by atoms with Gasteiger partial charge in [-0.15, -0.1) is 0 Å². The highest BCUT2D eigenvalue weighted by Gasteiger charge is 2.19. The summed E-state index contributed by atoms with van der Waals surface area (Å²) in [6.45, 7) is 8.83. The third kappa shape index (κ3) is 24.5. The fourth-order valence-corrected chi connectivity index (χ4v) is 5.73. The monoisotopic (exact) mass is 490 g/mol. The summed E-state index contributed by atoms with van der Waals surface area (Å²) in [5.74, 6) is 0. The molecular formula is C20H50O9Si2. The summed E-state index contributed by atoms with van der Waals surface area (Å²) in [5, 5.41) is 36.0. The number of aliphatic hydroxyl groups is 4. The number of rotatable bonds is 19. The van der Waals surface area contributed by atoms with Gasteiger partial charge in [0.2, 0.25) is 0 Å². The first-order valence-corrected chi connectivity index (χ1v) is 15.0. The van der Waals surface area contributed by atoms with E-state index in [4.69, 9.17) is 43.2 Å². The molecule has 0 saturated carbocycles. The van der Waals surface area contributed by atoms with Gasteiger partial charge in [-0.3, -0.25) is 0 Å². The van der Waals surface area contributed by atoms with E-state index in [9.17, 15) is 0 Å². The number of unbranched alkanes of at least 4 members (excludes halogenated alkanes) is 1. The summed E-state index contributed by atoms with van der Waals surface area (Å²) < 4.78 is 26.6. The molecular weight excluding hydrogens is 440 g/mol. The van der Waals surface area contributed by atoms with E-state index in [1.165, 1.54) is 12.5 Å². The molecule has 0 aliphatic rings. The maximum absolute atomic E-state index is 9.14. The molecule has 192 valence electrons. The summed E-state index contributed by atoms with van der Waals surface area (Å²) in [6, 6.07) is 1.25. The summed E-state index contributed by atoms with van der Waals surface area (Å²) in [6.07, 6.45) is 1.18. The van der Waals surface area contributed by atoms with Crippen LogP contribution in [0, 0.1) is 0 Å². The molecule has 9 nitrogen and oxygen atoms in total. The Morgan fingerprint density at radius 1 is 0.871 bits per heavy atom. The fraction of sp³-hybridized carbons (Fsp3) is 1.00. The molecule has 0 aromatic heterocycles. The zero-order valence-electron chi connectivity index (χ0n) is 19.5. The highest BCUT2D eigenvalue weighted by Crippen LogP contribution is 2.11. The van der Waals surface area contributed by atoms with E-state index in [1.54, 1.807) is 7.11 Å². The zero-order valence-corrected chi connectivity index (χ0v) is 22.0.